The lowest BCUT2D eigenvalue weighted by Gasteiger charge is -2.19. The third-order valence-electron chi connectivity index (χ3n) is 7.78. The van der Waals surface area contributed by atoms with Crippen molar-refractivity contribution in [1.29, 1.82) is 0 Å². The third kappa shape index (κ3) is 9.15. The number of ether oxygens (including phenoxy) is 1. The summed E-state index contributed by atoms with van der Waals surface area (Å²) in [7, 11) is 0. The van der Waals surface area contributed by atoms with Crippen molar-refractivity contribution in [1.82, 2.24) is 19.9 Å². The van der Waals surface area contributed by atoms with Crippen LogP contribution in [0.5, 0.6) is 0 Å². The van der Waals surface area contributed by atoms with Crippen LogP contribution in [0.25, 0.3) is 27.9 Å². The third-order valence-corrected chi connectivity index (χ3v) is 7.78. The lowest BCUT2D eigenvalue weighted by Crippen LogP contribution is -2.33. The Labute approximate surface area is 296 Å². The number of nitrogens with one attached hydrogen (secondary N) is 4. The van der Waals surface area contributed by atoms with Gasteiger partial charge < -0.3 is 26.0 Å². The van der Waals surface area contributed by atoms with Crippen molar-refractivity contribution in [2.45, 2.75) is 39.7 Å². The van der Waals surface area contributed by atoms with Crippen LogP contribution >= 0.6 is 0 Å². The van der Waals surface area contributed by atoms with Crippen molar-refractivity contribution in [3.8, 4) is 22.4 Å². The molecule has 3 amide bonds. The number of aromatic nitrogens is 3. The molecule has 11 nitrogen and oxygen atoms in total. The van der Waals surface area contributed by atoms with Gasteiger partial charge >= 0.3 is 6.09 Å². The molecule has 4 N–H and O–H groups in total. The zero-order chi connectivity index (χ0) is 36.0. The van der Waals surface area contributed by atoms with Crippen LogP contribution in [0, 0.1) is 0 Å². The number of carbonyl (C=O) groups excluding carboxylic acids is 3. The smallest absolute Gasteiger partial charge is 0.407 e. The second-order valence-corrected chi connectivity index (χ2v) is 13.0. The number of nitrogens with zero attached hydrogens (tertiary/aromatic N) is 3. The number of anilines is 4. The van der Waals surface area contributed by atoms with Crippen LogP contribution in [-0.4, -0.2) is 44.7 Å². The Morgan fingerprint density at radius 2 is 1.45 bits per heavy atom. The number of amides is 3. The van der Waals surface area contributed by atoms with E-state index in [1.54, 1.807) is 22.8 Å². The molecule has 258 valence electrons. The molecule has 51 heavy (non-hydrogen) atoms. The highest BCUT2D eigenvalue weighted by molar-refractivity contribution is 6.04. The van der Waals surface area contributed by atoms with Crippen LogP contribution in [0.2, 0.25) is 0 Å². The van der Waals surface area contributed by atoms with Crippen molar-refractivity contribution >= 4 is 46.4 Å². The summed E-state index contributed by atoms with van der Waals surface area (Å²) in [6, 6.07) is 34.4. The van der Waals surface area contributed by atoms with E-state index in [1.165, 1.54) is 6.92 Å². The van der Waals surface area contributed by atoms with Gasteiger partial charge in [-0.15, -0.1) is 0 Å². The zero-order valence-corrected chi connectivity index (χ0v) is 28.9. The number of fused-ring (bicyclic) bond motifs is 1. The number of hydrogen-bond donors (Lipinski definition) is 4. The average molecular weight is 682 g/mol. The summed E-state index contributed by atoms with van der Waals surface area (Å²) in [5.41, 5.74) is 7.73. The monoisotopic (exact) mass is 681 g/mol. The van der Waals surface area contributed by atoms with Gasteiger partial charge in [0.25, 0.3) is 5.91 Å². The lowest BCUT2D eigenvalue weighted by atomic mass is 10.0. The van der Waals surface area contributed by atoms with Gasteiger partial charge in [-0.1, -0.05) is 48.5 Å². The number of alkyl carbamates (subject to hydrolysis) is 1. The molecule has 0 spiro atoms. The van der Waals surface area contributed by atoms with E-state index >= 15 is 0 Å². The normalized spacial score (nSPS) is 11.1. The molecule has 0 aliphatic carbocycles. The van der Waals surface area contributed by atoms with E-state index in [1.807, 2.05) is 118 Å². The second kappa shape index (κ2) is 15.0. The molecule has 0 aliphatic rings. The minimum absolute atomic E-state index is 0.113. The molecule has 0 atom stereocenters. The molecule has 6 rings (SSSR count). The number of benzene rings is 4. The maximum atomic E-state index is 12.9. The molecule has 2 aromatic heterocycles. The highest BCUT2D eigenvalue weighted by Crippen LogP contribution is 2.28. The van der Waals surface area contributed by atoms with E-state index in [4.69, 9.17) is 9.72 Å². The van der Waals surface area contributed by atoms with Crippen LogP contribution in [0.4, 0.5) is 27.8 Å². The van der Waals surface area contributed by atoms with Crippen molar-refractivity contribution < 1.29 is 19.1 Å². The topological polar surface area (TPSA) is 139 Å². The van der Waals surface area contributed by atoms with Gasteiger partial charge in [0.1, 0.15) is 5.60 Å². The first kappa shape index (κ1) is 34.4. The molecule has 0 unspecified atom stereocenters. The summed E-state index contributed by atoms with van der Waals surface area (Å²) >= 11 is 0. The number of rotatable bonds is 10. The van der Waals surface area contributed by atoms with E-state index in [0.29, 0.717) is 30.2 Å². The minimum Gasteiger partial charge on any atom is -0.444 e. The molecule has 4 aromatic carbocycles. The maximum absolute atomic E-state index is 12.9. The molecule has 6 aromatic rings. The zero-order valence-electron chi connectivity index (χ0n) is 28.9. The Morgan fingerprint density at radius 1 is 0.745 bits per heavy atom. The van der Waals surface area contributed by atoms with Crippen LogP contribution in [0.1, 0.15) is 43.6 Å². The van der Waals surface area contributed by atoms with Gasteiger partial charge in [0.05, 0.1) is 17.4 Å². The summed E-state index contributed by atoms with van der Waals surface area (Å²) in [6.07, 6.45) is 1.88. The van der Waals surface area contributed by atoms with Crippen LogP contribution in [-0.2, 0) is 16.0 Å². The summed E-state index contributed by atoms with van der Waals surface area (Å²) in [6.45, 7) is 7.38. The molecule has 0 saturated heterocycles. The largest absolute Gasteiger partial charge is 0.444 e. The molecule has 2 heterocycles. The van der Waals surface area contributed by atoms with Crippen LogP contribution < -0.4 is 21.3 Å². The molecule has 0 radical (unpaired) electrons. The minimum atomic E-state index is -0.547. The van der Waals surface area contributed by atoms with Crippen molar-refractivity contribution in [2.75, 3.05) is 22.5 Å². The van der Waals surface area contributed by atoms with Crippen molar-refractivity contribution in [3.05, 3.63) is 127 Å². The van der Waals surface area contributed by atoms with Gasteiger partial charge in [-0.2, -0.15) is 5.10 Å². The predicted octanol–water partition coefficient (Wildman–Crippen LogP) is 8.08. The highest BCUT2D eigenvalue weighted by Gasteiger charge is 2.16. The fourth-order valence-corrected chi connectivity index (χ4v) is 5.39. The summed E-state index contributed by atoms with van der Waals surface area (Å²) in [4.78, 5) is 41.2. The highest BCUT2D eigenvalue weighted by atomic mass is 16.6. The first-order valence-corrected chi connectivity index (χ1v) is 16.6. The van der Waals surface area contributed by atoms with Crippen molar-refractivity contribution in [2.24, 2.45) is 0 Å². The maximum Gasteiger partial charge on any atom is 0.407 e. The Hall–Kier alpha value is -6.49. The fraction of sp³-hybridized carbons (Fsp3) is 0.175. The van der Waals surface area contributed by atoms with Gasteiger partial charge in [0.2, 0.25) is 11.9 Å². The first-order valence-electron chi connectivity index (χ1n) is 16.6. The van der Waals surface area contributed by atoms with E-state index in [9.17, 15) is 14.4 Å². The molecular formula is C40H39N7O4. The fourth-order valence-electron chi connectivity index (χ4n) is 5.39. The van der Waals surface area contributed by atoms with Gasteiger partial charge in [-0.05, 0) is 105 Å². The Kier molecular flexibility index (Phi) is 10.1. The summed E-state index contributed by atoms with van der Waals surface area (Å²) < 4.78 is 6.99. The molecule has 0 bridgehead atoms. The van der Waals surface area contributed by atoms with Crippen molar-refractivity contribution in [3.63, 3.8) is 0 Å². The van der Waals surface area contributed by atoms with E-state index in [0.717, 1.165) is 44.8 Å². The van der Waals surface area contributed by atoms with Gasteiger partial charge in [0, 0.05) is 41.7 Å². The molecular weight excluding hydrogens is 642 g/mol. The molecule has 0 saturated carbocycles. The predicted molar refractivity (Wildman–Crippen MR) is 200 cm³/mol. The van der Waals surface area contributed by atoms with Gasteiger partial charge in [-0.3, -0.25) is 9.59 Å². The molecule has 0 fully saturated rings. The van der Waals surface area contributed by atoms with E-state index < -0.39 is 11.7 Å². The Balaban J connectivity index is 1.08. The first-order chi connectivity index (χ1) is 24.5. The van der Waals surface area contributed by atoms with Crippen LogP contribution in [0.3, 0.4) is 0 Å². The Bertz CT molecular complexity index is 2170. The van der Waals surface area contributed by atoms with Gasteiger partial charge in [0.15, 0.2) is 0 Å². The molecule has 0 aliphatic heterocycles. The van der Waals surface area contributed by atoms with Gasteiger partial charge in [-0.25, -0.2) is 14.3 Å². The van der Waals surface area contributed by atoms with Crippen LogP contribution in [0.15, 0.2) is 115 Å². The quantitative estimate of drug-likeness (QED) is 0.115. The average Bonchev–Trinajstić information content (AvgIpc) is 3.58. The number of hydrogen-bond acceptors (Lipinski definition) is 7. The second-order valence-electron chi connectivity index (χ2n) is 13.0. The SMILES string of the molecule is CC(=O)Nc1cccc(-c2ccc(-c3cc4ccnn4c(Nc4ccc(NC(=O)c5ccc(CCNC(=O)OC(C)(C)C)cc5)cc4)n3)cc2)c1. The standard InChI is InChI=1S/C40H39N7O4/c1-26(48)43-34-7-5-6-31(24-34)28-12-14-29(15-13-28)36-25-35-21-23-42-47(35)38(46-36)45-33-18-16-32(17-19-33)44-37(49)30-10-8-27(9-11-30)20-22-41-39(50)51-40(2,3)4/h5-19,21,23-25H,20,22H2,1-4H3,(H,41,50)(H,43,48)(H,44,49)(H,45,46). The summed E-state index contributed by atoms with van der Waals surface area (Å²) in [5, 5.41) is 16.3. The van der Waals surface area contributed by atoms with E-state index in [2.05, 4.69) is 26.4 Å². The lowest BCUT2D eigenvalue weighted by molar-refractivity contribution is -0.114. The molecule has 11 heteroatoms. The number of carbonyl (C=O) groups is 3. The van der Waals surface area contributed by atoms with E-state index in [-0.39, 0.29) is 11.8 Å². The summed E-state index contributed by atoms with van der Waals surface area (Å²) in [5.74, 6) is 0.199. The Morgan fingerprint density at radius 3 is 2.16 bits per heavy atom.